The maximum atomic E-state index is 12.9. The number of carbonyl (C=O) groups excluding carboxylic acids is 3. The van der Waals surface area contributed by atoms with Gasteiger partial charge in [-0.1, -0.05) is 32.1 Å². The Bertz CT molecular complexity index is 639. The van der Waals surface area contributed by atoms with E-state index in [4.69, 9.17) is 4.74 Å². The summed E-state index contributed by atoms with van der Waals surface area (Å²) in [4.78, 5) is 48.7. The van der Waals surface area contributed by atoms with Gasteiger partial charge >= 0.3 is 12.1 Å². The fourth-order valence-corrected chi connectivity index (χ4v) is 4.09. The van der Waals surface area contributed by atoms with Crippen LogP contribution in [0.25, 0.3) is 0 Å². The van der Waals surface area contributed by atoms with E-state index in [0.717, 1.165) is 32.1 Å². The van der Waals surface area contributed by atoms with E-state index in [1.807, 2.05) is 0 Å². The summed E-state index contributed by atoms with van der Waals surface area (Å²) in [5, 5.41) is 17.4. The fraction of sp³-hybridized carbons (Fsp3) is 0.810. The first kappa shape index (κ1) is 24.0. The highest BCUT2D eigenvalue weighted by Crippen LogP contribution is 2.27. The Kier molecular flexibility index (Phi) is 8.49. The van der Waals surface area contributed by atoms with Crippen LogP contribution in [0.1, 0.15) is 72.1 Å². The lowest BCUT2D eigenvalue weighted by atomic mass is 9.84. The number of hydrogen-bond acceptors (Lipinski definition) is 5. The van der Waals surface area contributed by atoms with Crippen LogP contribution in [0, 0.1) is 11.8 Å². The van der Waals surface area contributed by atoms with Gasteiger partial charge in [0.15, 0.2) is 0 Å². The molecule has 0 bridgehead atoms. The van der Waals surface area contributed by atoms with E-state index in [1.54, 1.807) is 20.8 Å². The standard InChI is InChI=1S/C21H35N3O6/c1-21(2,3)30-20(29)24-15(11-13-7-5-4-6-8-13)18(26)23-16(19(27)28)12-14-9-10-22-17(14)25/h13-16H,4-12H2,1-3H3,(H,22,25)(H,23,26)(H,24,29)(H,27,28)/t14-,15-,16-/m0/s1. The highest BCUT2D eigenvalue weighted by molar-refractivity contribution is 5.90. The van der Waals surface area contributed by atoms with Gasteiger partial charge < -0.3 is 25.8 Å². The molecule has 3 atom stereocenters. The van der Waals surface area contributed by atoms with Crippen LogP contribution in [0.15, 0.2) is 0 Å². The van der Waals surface area contributed by atoms with Gasteiger partial charge in [-0.25, -0.2) is 9.59 Å². The molecule has 9 heteroatoms. The number of amides is 3. The van der Waals surface area contributed by atoms with E-state index < -0.39 is 41.6 Å². The first-order valence-electron chi connectivity index (χ1n) is 10.9. The maximum Gasteiger partial charge on any atom is 0.408 e. The summed E-state index contributed by atoms with van der Waals surface area (Å²) in [7, 11) is 0. The molecular formula is C21H35N3O6. The molecule has 0 radical (unpaired) electrons. The molecule has 0 spiro atoms. The minimum atomic E-state index is -1.20. The average Bonchev–Trinajstić information content (AvgIpc) is 3.04. The summed E-state index contributed by atoms with van der Waals surface area (Å²) >= 11 is 0. The summed E-state index contributed by atoms with van der Waals surface area (Å²) < 4.78 is 5.28. The van der Waals surface area contributed by atoms with Gasteiger partial charge in [0, 0.05) is 12.5 Å². The van der Waals surface area contributed by atoms with Crippen molar-refractivity contribution in [3.8, 4) is 0 Å². The molecule has 1 heterocycles. The summed E-state index contributed by atoms with van der Waals surface area (Å²) in [5.74, 6) is -2.11. The SMILES string of the molecule is CC(C)(C)OC(=O)N[C@@H](CC1CCCCC1)C(=O)N[C@@H](C[C@@H]1CCNC1=O)C(=O)O. The van der Waals surface area contributed by atoms with Crippen molar-refractivity contribution in [2.45, 2.75) is 89.8 Å². The molecule has 2 aliphatic rings. The smallest absolute Gasteiger partial charge is 0.408 e. The quantitative estimate of drug-likeness (QED) is 0.470. The van der Waals surface area contributed by atoms with E-state index in [-0.39, 0.29) is 18.2 Å². The molecular weight excluding hydrogens is 390 g/mol. The number of aliphatic carboxylic acids is 1. The molecule has 0 aromatic heterocycles. The van der Waals surface area contributed by atoms with Crippen LogP contribution in [0.2, 0.25) is 0 Å². The van der Waals surface area contributed by atoms with E-state index in [2.05, 4.69) is 16.0 Å². The van der Waals surface area contributed by atoms with Gasteiger partial charge in [0.05, 0.1) is 0 Å². The van der Waals surface area contributed by atoms with Crippen LogP contribution < -0.4 is 16.0 Å². The number of hydrogen-bond donors (Lipinski definition) is 4. The predicted octanol–water partition coefficient (Wildman–Crippen LogP) is 1.95. The molecule has 170 valence electrons. The Morgan fingerprint density at radius 2 is 1.73 bits per heavy atom. The molecule has 0 aromatic carbocycles. The molecule has 30 heavy (non-hydrogen) atoms. The van der Waals surface area contributed by atoms with Gasteiger partial charge in [-0.05, 0) is 46.0 Å². The second-order valence-electron chi connectivity index (χ2n) is 9.35. The van der Waals surface area contributed by atoms with Gasteiger partial charge in [-0.2, -0.15) is 0 Å². The zero-order valence-corrected chi connectivity index (χ0v) is 18.2. The van der Waals surface area contributed by atoms with E-state index >= 15 is 0 Å². The number of carbonyl (C=O) groups is 4. The number of nitrogens with one attached hydrogen (secondary N) is 3. The normalized spacial score (nSPS) is 22.0. The molecule has 1 aliphatic heterocycles. The van der Waals surface area contributed by atoms with Crippen molar-refractivity contribution >= 4 is 23.9 Å². The third-order valence-electron chi connectivity index (χ3n) is 5.60. The van der Waals surface area contributed by atoms with Gasteiger partial charge in [0.25, 0.3) is 0 Å². The summed E-state index contributed by atoms with van der Waals surface area (Å²) in [6.45, 7) is 5.70. The zero-order valence-electron chi connectivity index (χ0n) is 18.2. The summed E-state index contributed by atoms with van der Waals surface area (Å²) in [6, 6.07) is -2.08. The molecule has 3 amide bonds. The second-order valence-corrected chi connectivity index (χ2v) is 9.35. The van der Waals surface area contributed by atoms with Crippen LogP contribution in [0.4, 0.5) is 4.79 Å². The molecule has 2 fully saturated rings. The minimum Gasteiger partial charge on any atom is -0.480 e. The topological polar surface area (TPSA) is 134 Å². The molecule has 9 nitrogen and oxygen atoms in total. The van der Waals surface area contributed by atoms with Crippen molar-refractivity contribution in [3.63, 3.8) is 0 Å². The Morgan fingerprint density at radius 1 is 1.07 bits per heavy atom. The Balaban J connectivity index is 2.05. The molecule has 1 aliphatic carbocycles. The number of ether oxygens (including phenoxy) is 1. The summed E-state index contributed by atoms with van der Waals surface area (Å²) in [5.41, 5.74) is -0.713. The van der Waals surface area contributed by atoms with Crippen LogP contribution in [-0.4, -0.2) is 53.2 Å². The molecule has 1 saturated heterocycles. The highest BCUT2D eigenvalue weighted by Gasteiger charge is 2.34. The van der Waals surface area contributed by atoms with Gasteiger partial charge in [0.2, 0.25) is 11.8 Å². The lowest BCUT2D eigenvalue weighted by molar-refractivity contribution is -0.143. The van der Waals surface area contributed by atoms with Crippen molar-refractivity contribution in [1.29, 1.82) is 0 Å². The number of carboxylic acids is 1. The van der Waals surface area contributed by atoms with E-state index in [0.29, 0.717) is 19.4 Å². The third kappa shape index (κ3) is 7.84. The highest BCUT2D eigenvalue weighted by atomic mass is 16.6. The second kappa shape index (κ2) is 10.6. The Morgan fingerprint density at radius 3 is 2.27 bits per heavy atom. The summed E-state index contributed by atoms with van der Waals surface area (Å²) in [6.07, 6.45) is 5.57. The molecule has 0 aromatic rings. The monoisotopic (exact) mass is 425 g/mol. The van der Waals surface area contributed by atoms with Gasteiger partial charge in [-0.15, -0.1) is 0 Å². The van der Waals surface area contributed by atoms with Crippen molar-refractivity contribution in [3.05, 3.63) is 0 Å². The maximum absolute atomic E-state index is 12.9. The van der Waals surface area contributed by atoms with Crippen LogP contribution in [0.5, 0.6) is 0 Å². The average molecular weight is 426 g/mol. The van der Waals surface area contributed by atoms with Crippen molar-refractivity contribution < 1.29 is 29.0 Å². The minimum absolute atomic E-state index is 0.0233. The molecule has 1 saturated carbocycles. The first-order chi connectivity index (χ1) is 14.0. The molecule has 2 rings (SSSR count). The molecule has 0 unspecified atom stereocenters. The lowest BCUT2D eigenvalue weighted by Gasteiger charge is -2.28. The Hall–Kier alpha value is -2.32. The predicted molar refractivity (Wildman–Crippen MR) is 110 cm³/mol. The molecule has 4 N–H and O–H groups in total. The van der Waals surface area contributed by atoms with E-state index in [1.165, 1.54) is 0 Å². The first-order valence-corrected chi connectivity index (χ1v) is 10.9. The van der Waals surface area contributed by atoms with Crippen LogP contribution >= 0.6 is 0 Å². The lowest BCUT2D eigenvalue weighted by Crippen LogP contribution is -2.53. The Labute approximate surface area is 177 Å². The zero-order chi connectivity index (χ0) is 22.3. The van der Waals surface area contributed by atoms with Crippen LogP contribution in [0.3, 0.4) is 0 Å². The largest absolute Gasteiger partial charge is 0.480 e. The van der Waals surface area contributed by atoms with Crippen molar-refractivity contribution in [2.24, 2.45) is 11.8 Å². The third-order valence-corrected chi connectivity index (χ3v) is 5.60. The number of rotatable bonds is 8. The van der Waals surface area contributed by atoms with Crippen LogP contribution in [-0.2, 0) is 19.1 Å². The van der Waals surface area contributed by atoms with Gasteiger partial charge in [0.1, 0.15) is 17.7 Å². The van der Waals surface area contributed by atoms with Crippen molar-refractivity contribution in [2.75, 3.05) is 6.54 Å². The van der Waals surface area contributed by atoms with E-state index in [9.17, 15) is 24.3 Å². The number of alkyl carbamates (subject to hydrolysis) is 1. The van der Waals surface area contributed by atoms with Gasteiger partial charge in [-0.3, -0.25) is 9.59 Å². The number of carboxylic acid groups (broad SMARTS) is 1. The van der Waals surface area contributed by atoms with Crippen molar-refractivity contribution in [1.82, 2.24) is 16.0 Å². The fourth-order valence-electron chi connectivity index (χ4n) is 4.09.